The number of benzene rings is 1. The number of hydrogen-bond acceptors (Lipinski definition) is 4. The number of carbonyl (C=O) groups is 1. The topological polar surface area (TPSA) is 79.8 Å². The van der Waals surface area contributed by atoms with Crippen molar-refractivity contribution in [1.29, 1.82) is 0 Å². The molecule has 2 unspecified atom stereocenters. The highest BCUT2D eigenvalue weighted by atomic mass is 16.5. The Morgan fingerprint density at radius 1 is 1.50 bits per heavy atom. The van der Waals surface area contributed by atoms with E-state index in [1.54, 1.807) is 19.1 Å². The number of carbonyl (C=O) groups excluding carboxylic acids is 1. The number of nitrogens with one attached hydrogen (secondary N) is 2. The van der Waals surface area contributed by atoms with Gasteiger partial charge in [-0.15, -0.1) is 0 Å². The molecule has 1 aromatic carbocycles. The van der Waals surface area contributed by atoms with E-state index in [-0.39, 0.29) is 17.9 Å². The van der Waals surface area contributed by atoms with E-state index in [4.69, 9.17) is 14.6 Å². The molecule has 2 rings (SSSR count). The largest absolute Gasteiger partial charge is 0.508 e. The van der Waals surface area contributed by atoms with E-state index in [1.165, 1.54) is 12.1 Å². The zero-order valence-electron chi connectivity index (χ0n) is 11.5. The van der Waals surface area contributed by atoms with Crippen molar-refractivity contribution in [3.8, 4) is 11.5 Å². The zero-order valence-corrected chi connectivity index (χ0v) is 11.5. The van der Waals surface area contributed by atoms with Gasteiger partial charge in [-0.25, -0.2) is 4.79 Å². The maximum Gasteiger partial charge on any atom is 0.317 e. The van der Waals surface area contributed by atoms with Crippen molar-refractivity contribution in [2.75, 3.05) is 13.2 Å². The van der Waals surface area contributed by atoms with Crippen LogP contribution in [0.1, 0.15) is 19.8 Å². The third-order valence-electron chi connectivity index (χ3n) is 3.00. The lowest BCUT2D eigenvalue weighted by Gasteiger charge is -2.17. The molecule has 20 heavy (non-hydrogen) atoms. The lowest BCUT2D eigenvalue weighted by Crippen LogP contribution is -2.45. The van der Waals surface area contributed by atoms with E-state index < -0.39 is 6.23 Å². The molecule has 2 atom stereocenters. The fourth-order valence-corrected chi connectivity index (χ4v) is 2.01. The van der Waals surface area contributed by atoms with Crippen molar-refractivity contribution in [2.45, 2.75) is 32.1 Å². The van der Waals surface area contributed by atoms with E-state index in [2.05, 4.69) is 10.6 Å². The number of urea groups is 1. The van der Waals surface area contributed by atoms with Crippen molar-refractivity contribution in [2.24, 2.45) is 0 Å². The normalized spacial score (nSPS) is 19.4. The molecule has 3 N–H and O–H groups in total. The summed E-state index contributed by atoms with van der Waals surface area (Å²) in [7, 11) is 0. The molecule has 1 heterocycles. The quantitative estimate of drug-likeness (QED) is 0.716. The lowest BCUT2D eigenvalue weighted by atomic mass is 10.2. The van der Waals surface area contributed by atoms with Crippen molar-refractivity contribution in [1.82, 2.24) is 10.6 Å². The van der Waals surface area contributed by atoms with Crippen LogP contribution in [0.2, 0.25) is 0 Å². The first-order chi connectivity index (χ1) is 9.63. The highest BCUT2D eigenvalue weighted by Gasteiger charge is 2.16. The van der Waals surface area contributed by atoms with E-state index in [9.17, 15) is 4.79 Å². The predicted molar refractivity (Wildman–Crippen MR) is 73.7 cm³/mol. The van der Waals surface area contributed by atoms with Crippen LogP contribution in [0.5, 0.6) is 11.5 Å². The van der Waals surface area contributed by atoms with Crippen LogP contribution in [0.25, 0.3) is 0 Å². The number of aromatic hydroxyl groups is 1. The van der Waals surface area contributed by atoms with Gasteiger partial charge in [0.05, 0.1) is 6.10 Å². The Balaban J connectivity index is 1.68. The lowest BCUT2D eigenvalue weighted by molar-refractivity contribution is 0.110. The Labute approximate surface area is 118 Å². The number of rotatable bonds is 5. The first-order valence-electron chi connectivity index (χ1n) is 6.75. The first kappa shape index (κ1) is 14.5. The molecule has 1 aromatic rings. The van der Waals surface area contributed by atoms with Gasteiger partial charge in [-0.2, -0.15) is 0 Å². The molecule has 0 spiro atoms. The Hall–Kier alpha value is -1.95. The minimum absolute atomic E-state index is 0.120. The number of phenols is 1. The molecule has 0 aliphatic carbocycles. The standard InChI is InChI=1S/C14H20N2O4/c1-10(20-12-6-4-11(17)5-7-12)16-14(18)15-9-13-3-2-8-19-13/h4-7,10,13,17H,2-3,8-9H2,1H3,(H2,15,16,18). The Bertz CT molecular complexity index is 429. The summed E-state index contributed by atoms with van der Waals surface area (Å²) >= 11 is 0. The van der Waals surface area contributed by atoms with Gasteiger partial charge in [0.25, 0.3) is 0 Å². The van der Waals surface area contributed by atoms with Gasteiger partial charge >= 0.3 is 6.03 Å². The highest BCUT2D eigenvalue weighted by Crippen LogP contribution is 2.16. The monoisotopic (exact) mass is 280 g/mol. The summed E-state index contributed by atoms with van der Waals surface area (Å²) in [5.74, 6) is 0.752. The predicted octanol–water partition coefficient (Wildman–Crippen LogP) is 1.60. The average molecular weight is 280 g/mol. The smallest absolute Gasteiger partial charge is 0.317 e. The van der Waals surface area contributed by atoms with Gasteiger partial charge in [0, 0.05) is 13.2 Å². The summed E-state index contributed by atoms with van der Waals surface area (Å²) in [5.41, 5.74) is 0. The summed E-state index contributed by atoms with van der Waals surface area (Å²) in [4.78, 5) is 11.7. The van der Waals surface area contributed by atoms with Gasteiger partial charge in [-0.05, 0) is 44.0 Å². The van der Waals surface area contributed by atoms with Crippen LogP contribution < -0.4 is 15.4 Å². The van der Waals surface area contributed by atoms with Gasteiger partial charge < -0.3 is 25.2 Å². The second-order valence-electron chi connectivity index (χ2n) is 4.74. The van der Waals surface area contributed by atoms with Crippen LogP contribution in [0.15, 0.2) is 24.3 Å². The van der Waals surface area contributed by atoms with Crippen molar-refractivity contribution in [3.05, 3.63) is 24.3 Å². The molecular formula is C14H20N2O4. The van der Waals surface area contributed by atoms with Crippen LogP contribution in [0, 0.1) is 0 Å². The molecule has 0 bridgehead atoms. The Morgan fingerprint density at radius 2 is 2.25 bits per heavy atom. The maximum absolute atomic E-state index is 11.7. The molecule has 1 fully saturated rings. The molecule has 110 valence electrons. The molecule has 6 heteroatoms. The molecule has 1 aliphatic heterocycles. The fraction of sp³-hybridized carbons (Fsp3) is 0.500. The first-order valence-corrected chi connectivity index (χ1v) is 6.75. The van der Waals surface area contributed by atoms with Gasteiger partial charge in [0.15, 0.2) is 6.23 Å². The maximum atomic E-state index is 11.7. The van der Waals surface area contributed by atoms with Crippen molar-refractivity contribution in [3.63, 3.8) is 0 Å². The Kier molecular flexibility index (Phi) is 5.06. The van der Waals surface area contributed by atoms with E-state index in [1.807, 2.05) is 0 Å². The molecule has 6 nitrogen and oxygen atoms in total. The highest BCUT2D eigenvalue weighted by molar-refractivity contribution is 5.74. The summed E-state index contributed by atoms with van der Waals surface area (Å²) in [6.45, 7) is 3.02. The van der Waals surface area contributed by atoms with E-state index in [0.29, 0.717) is 12.3 Å². The molecule has 2 amide bonds. The van der Waals surface area contributed by atoms with Gasteiger partial charge in [-0.3, -0.25) is 0 Å². The minimum Gasteiger partial charge on any atom is -0.508 e. The molecule has 0 aromatic heterocycles. The second-order valence-corrected chi connectivity index (χ2v) is 4.74. The molecular weight excluding hydrogens is 260 g/mol. The van der Waals surface area contributed by atoms with Crippen LogP contribution in [-0.2, 0) is 4.74 Å². The van der Waals surface area contributed by atoms with E-state index >= 15 is 0 Å². The Morgan fingerprint density at radius 3 is 2.90 bits per heavy atom. The van der Waals surface area contributed by atoms with Gasteiger partial charge in [-0.1, -0.05) is 0 Å². The summed E-state index contributed by atoms with van der Waals surface area (Å²) in [5, 5.41) is 14.6. The van der Waals surface area contributed by atoms with Gasteiger partial charge in [0.1, 0.15) is 11.5 Å². The minimum atomic E-state index is -0.468. The molecule has 0 saturated carbocycles. The van der Waals surface area contributed by atoms with Crippen molar-refractivity contribution >= 4 is 6.03 Å². The number of amides is 2. The van der Waals surface area contributed by atoms with Gasteiger partial charge in [0.2, 0.25) is 0 Å². The molecule has 1 saturated heterocycles. The fourth-order valence-electron chi connectivity index (χ4n) is 2.01. The molecule has 1 aliphatic rings. The van der Waals surface area contributed by atoms with E-state index in [0.717, 1.165) is 19.4 Å². The van der Waals surface area contributed by atoms with Crippen LogP contribution in [0.3, 0.4) is 0 Å². The summed E-state index contributed by atoms with van der Waals surface area (Å²) in [6, 6.07) is 6.04. The van der Waals surface area contributed by atoms with Crippen molar-refractivity contribution < 1.29 is 19.4 Å². The SMILES string of the molecule is CC(NC(=O)NCC1CCCO1)Oc1ccc(O)cc1. The summed E-state index contributed by atoms with van der Waals surface area (Å²) in [6.07, 6.45) is 1.69. The number of hydrogen-bond donors (Lipinski definition) is 3. The molecule has 0 radical (unpaired) electrons. The van der Waals surface area contributed by atoms with Crippen LogP contribution in [-0.4, -0.2) is 36.6 Å². The average Bonchev–Trinajstić information content (AvgIpc) is 2.92. The van der Waals surface area contributed by atoms with Crippen LogP contribution >= 0.6 is 0 Å². The summed E-state index contributed by atoms with van der Waals surface area (Å²) < 4.78 is 10.9. The number of phenolic OH excluding ortho intramolecular Hbond substituents is 1. The second kappa shape index (κ2) is 7.00. The van der Waals surface area contributed by atoms with Crippen LogP contribution in [0.4, 0.5) is 4.79 Å². The third kappa shape index (κ3) is 4.62. The third-order valence-corrected chi connectivity index (χ3v) is 3.00. The zero-order chi connectivity index (χ0) is 14.4. The number of ether oxygens (including phenoxy) is 2.